The van der Waals surface area contributed by atoms with Crippen LogP contribution in [0.3, 0.4) is 0 Å². The van der Waals surface area contributed by atoms with Crippen LogP contribution in [0.15, 0.2) is 54.7 Å². The number of hydrogen-bond acceptors (Lipinski definition) is 5. The zero-order valence-electron chi connectivity index (χ0n) is 20.7. The lowest BCUT2D eigenvalue weighted by molar-refractivity contribution is -0.125. The van der Waals surface area contributed by atoms with Crippen LogP contribution in [0.4, 0.5) is 0 Å². The van der Waals surface area contributed by atoms with E-state index in [2.05, 4.69) is 28.9 Å². The Morgan fingerprint density at radius 1 is 1.08 bits per heavy atom. The largest absolute Gasteiger partial charge is 0.330 e. The summed E-state index contributed by atoms with van der Waals surface area (Å²) in [6, 6.07) is 13.1. The lowest BCUT2D eigenvalue weighted by atomic mass is 9.87. The first-order chi connectivity index (χ1) is 17.4. The molecule has 0 aromatic heterocycles. The molecule has 1 N–H and O–H groups in total. The van der Waals surface area contributed by atoms with E-state index in [1.807, 2.05) is 24.3 Å². The maximum absolute atomic E-state index is 13.2. The Bertz CT molecular complexity index is 1150. The molecule has 7 nitrogen and oxygen atoms in total. The molecule has 0 radical (unpaired) electrons. The number of hydrogen-bond donors (Lipinski definition) is 1. The van der Waals surface area contributed by atoms with Crippen molar-refractivity contribution in [3.63, 3.8) is 0 Å². The van der Waals surface area contributed by atoms with Gasteiger partial charge in [-0.05, 0) is 73.5 Å². The van der Waals surface area contributed by atoms with Crippen LogP contribution in [0, 0.1) is 0 Å². The average Bonchev–Trinajstić information content (AvgIpc) is 2.89. The van der Waals surface area contributed by atoms with E-state index in [4.69, 9.17) is 0 Å². The van der Waals surface area contributed by atoms with Crippen LogP contribution in [-0.2, 0) is 22.6 Å². The van der Waals surface area contributed by atoms with Crippen molar-refractivity contribution in [3.8, 4) is 0 Å². The van der Waals surface area contributed by atoms with Crippen molar-refractivity contribution < 1.29 is 19.2 Å². The number of allylic oxidation sites excluding steroid dienone is 1. The van der Waals surface area contributed by atoms with Gasteiger partial charge in [0, 0.05) is 31.3 Å². The van der Waals surface area contributed by atoms with Gasteiger partial charge in [0.1, 0.15) is 12.3 Å². The second kappa shape index (κ2) is 11.4. The van der Waals surface area contributed by atoms with E-state index in [-0.39, 0.29) is 11.8 Å². The van der Waals surface area contributed by atoms with Crippen LogP contribution in [0.25, 0.3) is 0 Å². The Morgan fingerprint density at radius 2 is 1.78 bits per heavy atom. The molecule has 2 amide bonds. The van der Waals surface area contributed by atoms with Gasteiger partial charge in [0.25, 0.3) is 5.91 Å². The third-order valence-electron chi connectivity index (χ3n) is 7.35. The molecule has 2 heterocycles. The fraction of sp³-hybridized carbons (Fsp3) is 0.379. The molecule has 0 bridgehead atoms. The van der Waals surface area contributed by atoms with Crippen molar-refractivity contribution in [3.05, 3.63) is 82.6 Å². The van der Waals surface area contributed by atoms with Crippen molar-refractivity contribution in [2.24, 2.45) is 0 Å². The standard InChI is InChI=1S/C29H33N3O4/c1-20-3-10-27(28(35)30-20)31(2)29(36)26-9-8-24(17-25(26)19-34)23-11-14-32(15-12-23)18-22-6-4-21(5-7-22)13-16-33/h4-9,16-17,19,23,27H,1,3,10-15,18H2,2H3,(H,30,35). The maximum Gasteiger partial charge on any atom is 0.255 e. The number of nitrogens with zero attached hydrogens (tertiary/aromatic N) is 2. The second-order valence-corrected chi connectivity index (χ2v) is 9.77. The number of carbonyl (C=O) groups is 4. The summed E-state index contributed by atoms with van der Waals surface area (Å²) >= 11 is 0. The van der Waals surface area contributed by atoms with Gasteiger partial charge in [-0.15, -0.1) is 0 Å². The number of aldehydes is 2. The Morgan fingerprint density at radius 3 is 2.42 bits per heavy atom. The van der Waals surface area contributed by atoms with E-state index in [0.717, 1.165) is 56.2 Å². The number of likely N-dealkylation sites (tertiary alicyclic amines) is 1. The van der Waals surface area contributed by atoms with Crippen LogP contribution < -0.4 is 5.32 Å². The highest BCUT2D eigenvalue weighted by molar-refractivity contribution is 6.03. The molecule has 36 heavy (non-hydrogen) atoms. The minimum Gasteiger partial charge on any atom is -0.330 e. The smallest absolute Gasteiger partial charge is 0.255 e. The van der Waals surface area contributed by atoms with Gasteiger partial charge >= 0.3 is 0 Å². The lowest BCUT2D eigenvalue weighted by Crippen LogP contribution is -2.50. The summed E-state index contributed by atoms with van der Waals surface area (Å²) in [7, 11) is 1.61. The van der Waals surface area contributed by atoms with Crippen molar-refractivity contribution in [1.82, 2.24) is 15.1 Å². The fourth-order valence-electron chi connectivity index (χ4n) is 5.15. The van der Waals surface area contributed by atoms with E-state index in [1.165, 1.54) is 10.5 Å². The zero-order valence-corrected chi connectivity index (χ0v) is 20.7. The van der Waals surface area contributed by atoms with Gasteiger partial charge in [0.05, 0.1) is 5.56 Å². The van der Waals surface area contributed by atoms with Gasteiger partial charge in [0.15, 0.2) is 6.29 Å². The van der Waals surface area contributed by atoms with Crippen molar-refractivity contribution >= 4 is 24.4 Å². The lowest BCUT2D eigenvalue weighted by Gasteiger charge is -2.33. The molecule has 1 atom stereocenters. The van der Waals surface area contributed by atoms with Gasteiger partial charge in [-0.2, -0.15) is 0 Å². The average molecular weight is 488 g/mol. The maximum atomic E-state index is 13.2. The molecule has 2 aromatic rings. The first-order valence-corrected chi connectivity index (χ1v) is 12.5. The highest BCUT2D eigenvalue weighted by Crippen LogP contribution is 2.30. The molecule has 2 fully saturated rings. The Kier molecular flexibility index (Phi) is 8.10. The third-order valence-corrected chi connectivity index (χ3v) is 7.35. The molecule has 2 aliphatic heterocycles. The Balaban J connectivity index is 1.38. The third kappa shape index (κ3) is 5.79. The summed E-state index contributed by atoms with van der Waals surface area (Å²) in [5.74, 6) is -0.243. The quantitative estimate of drug-likeness (QED) is 0.576. The molecular weight excluding hydrogens is 454 g/mol. The van der Waals surface area contributed by atoms with E-state index >= 15 is 0 Å². The topological polar surface area (TPSA) is 86.8 Å². The molecule has 0 aliphatic carbocycles. The molecule has 0 saturated carbocycles. The summed E-state index contributed by atoms with van der Waals surface area (Å²) in [6.45, 7) is 6.55. The molecule has 2 aliphatic rings. The number of benzene rings is 2. The molecule has 188 valence electrons. The predicted octanol–water partition coefficient (Wildman–Crippen LogP) is 3.48. The van der Waals surface area contributed by atoms with Crippen LogP contribution in [0.1, 0.15) is 69.0 Å². The van der Waals surface area contributed by atoms with Gasteiger partial charge in [-0.25, -0.2) is 0 Å². The molecule has 0 spiro atoms. The monoisotopic (exact) mass is 487 g/mol. The van der Waals surface area contributed by atoms with Crippen LogP contribution >= 0.6 is 0 Å². The van der Waals surface area contributed by atoms with Crippen LogP contribution in [0.5, 0.6) is 0 Å². The zero-order chi connectivity index (χ0) is 25.7. The van der Waals surface area contributed by atoms with Crippen molar-refractivity contribution in [2.75, 3.05) is 20.1 Å². The second-order valence-electron chi connectivity index (χ2n) is 9.77. The minimum atomic E-state index is -0.576. The number of carbonyl (C=O) groups excluding carboxylic acids is 4. The molecule has 2 saturated heterocycles. The molecule has 4 rings (SSSR count). The van der Waals surface area contributed by atoms with Crippen molar-refractivity contribution in [1.29, 1.82) is 0 Å². The first kappa shape index (κ1) is 25.5. The van der Waals surface area contributed by atoms with E-state index in [0.29, 0.717) is 42.0 Å². The SMILES string of the molecule is C=C1CCC(N(C)C(=O)c2ccc(C3CCN(Cc4ccc(CC=O)cc4)CC3)cc2C=O)C(=O)N1. The van der Waals surface area contributed by atoms with E-state index < -0.39 is 6.04 Å². The van der Waals surface area contributed by atoms with Gasteiger partial charge in [0.2, 0.25) is 5.91 Å². The Labute approximate surface area is 212 Å². The number of nitrogens with one attached hydrogen (secondary N) is 1. The van der Waals surface area contributed by atoms with Gasteiger partial charge < -0.3 is 15.0 Å². The summed E-state index contributed by atoms with van der Waals surface area (Å²) in [5.41, 5.74) is 4.68. The molecule has 1 unspecified atom stereocenters. The molecular formula is C29H33N3O4. The van der Waals surface area contributed by atoms with Gasteiger partial charge in [-0.3, -0.25) is 19.3 Å². The summed E-state index contributed by atoms with van der Waals surface area (Å²) < 4.78 is 0. The molecule has 7 heteroatoms. The first-order valence-electron chi connectivity index (χ1n) is 12.5. The number of rotatable bonds is 8. The van der Waals surface area contributed by atoms with Gasteiger partial charge in [-0.1, -0.05) is 36.9 Å². The molecule has 2 aromatic carbocycles. The van der Waals surface area contributed by atoms with E-state index in [1.54, 1.807) is 13.1 Å². The normalized spacial score (nSPS) is 19.0. The predicted molar refractivity (Wildman–Crippen MR) is 138 cm³/mol. The van der Waals surface area contributed by atoms with Crippen LogP contribution in [-0.4, -0.2) is 60.4 Å². The van der Waals surface area contributed by atoms with Crippen molar-refractivity contribution in [2.45, 2.75) is 50.6 Å². The number of likely N-dealkylation sites (N-methyl/N-ethyl adjacent to an activating group) is 1. The Hall–Kier alpha value is -3.58. The number of piperidine rings is 2. The minimum absolute atomic E-state index is 0.241. The number of amides is 2. The summed E-state index contributed by atoms with van der Waals surface area (Å²) in [4.78, 5) is 51.9. The summed E-state index contributed by atoms with van der Waals surface area (Å²) in [5, 5.41) is 2.71. The highest BCUT2D eigenvalue weighted by Gasteiger charge is 2.32. The fourth-order valence-corrected chi connectivity index (χ4v) is 5.15. The summed E-state index contributed by atoms with van der Waals surface area (Å²) in [6.07, 6.45) is 5.18. The highest BCUT2D eigenvalue weighted by atomic mass is 16.2. The van der Waals surface area contributed by atoms with Crippen LogP contribution in [0.2, 0.25) is 0 Å². The van der Waals surface area contributed by atoms with E-state index in [9.17, 15) is 19.2 Å².